The van der Waals surface area contributed by atoms with Gasteiger partial charge in [-0.25, -0.2) is 0 Å². The largest absolute Gasteiger partial charge is 0.465 e. The van der Waals surface area contributed by atoms with Gasteiger partial charge in [0.1, 0.15) is 5.54 Å². The van der Waals surface area contributed by atoms with Crippen LogP contribution < -0.4 is 5.73 Å². The normalized spacial score (nSPS) is 27.8. The average molecular weight is 270 g/mol. The fourth-order valence-corrected chi connectivity index (χ4v) is 2.84. The van der Waals surface area contributed by atoms with E-state index < -0.39 is 5.54 Å². The van der Waals surface area contributed by atoms with E-state index in [1.165, 1.54) is 19.4 Å². The van der Waals surface area contributed by atoms with E-state index in [1.807, 2.05) is 6.92 Å². The molecule has 3 atom stereocenters. The molecule has 2 N–H and O–H groups in total. The van der Waals surface area contributed by atoms with E-state index >= 15 is 0 Å². The van der Waals surface area contributed by atoms with Gasteiger partial charge in [-0.15, -0.1) is 0 Å². The SMILES string of the molecule is CCOC(=O)C(C)(N)CCCN1CCC(C)CC1C. The average Bonchev–Trinajstić information content (AvgIpc) is 2.32. The highest BCUT2D eigenvalue weighted by Crippen LogP contribution is 2.23. The fraction of sp³-hybridized carbons (Fsp3) is 0.933. The summed E-state index contributed by atoms with van der Waals surface area (Å²) >= 11 is 0. The second-order valence-corrected chi connectivity index (χ2v) is 6.26. The molecule has 1 fully saturated rings. The molecule has 4 nitrogen and oxygen atoms in total. The highest BCUT2D eigenvalue weighted by Gasteiger charge is 2.30. The first-order valence-electron chi connectivity index (χ1n) is 7.57. The summed E-state index contributed by atoms with van der Waals surface area (Å²) in [7, 11) is 0. The topological polar surface area (TPSA) is 55.6 Å². The van der Waals surface area contributed by atoms with Gasteiger partial charge < -0.3 is 15.4 Å². The van der Waals surface area contributed by atoms with Crippen molar-refractivity contribution in [3.8, 4) is 0 Å². The van der Waals surface area contributed by atoms with Gasteiger partial charge >= 0.3 is 5.97 Å². The Kier molecular flexibility index (Phi) is 6.27. The van der Waals surface area contributed by atoms with E-state index in [1.54, 1.807) is 6.92 Å². The first kappa shape index (κ1) is 16.4. The Hall–Kier alpha value is -0.610. The lowest BCUT2D eigenvalue weighted by Crippen LogP contribution is -2.47. The zero-order valence-corrected chi connectivity index (χ0v) is 12.9. The van der Waals surface area contributed by atoms with E-state index in [-0.39, 0.29) is 5.97 Å². The number of carbonyl (C=O) groups excluding carboxylic acids is 1. The quantitative estimate of drug-likeness (QED) is 0.752. The van der Waals surface area contributed by atoms with Gasteiger partial charge in [-0.3, -0.25) is 4.79 Å². The van der Waals surface area contributed by atoms with Crippen LogP contribution in [0.5, 0.6) is 0 Å². The molecular weight excluding hydrogens is 240 g/mol. The minimum Gasteiger partial charge on any atom is -0.465 e. The Labute approximate surface area is 117 Å². The highest BCUT2D eigenvalue weighted by molar-refractivity contribution is 5.79. The van der Waals surface area contributed by atoms with Crippen molar-refractivity contribution in [1.29, 1.82) is 0 Å². The molecule has 0 radical (unpaired) electrons. The number of esters is 1. The molecular formula is C15H30N2O2. The Morgan fingerprint density at radius 1 is 1.47 bits per heavy atom. The lowest BCUT2D eigenvalue weighted by Gasteiger charge is -2.37. The third-order valence-electron chi connectivity index (χ3n) is 4.16. The molecule has 0 aromatic rings. The van der Waals surface area contributed by atoms with Crippen LogP contribution >= 0.6 is 0 Å². The van der Waals surface area contributed by atoms with Crippen molar-refractivity contribution >= 4 is 5.97 Å². The van der Waals surface area contributed by atoms with Gasteiger partial charge in [0.2, 0.25) is 0 Å². The summed E-state index contributed by atoms with van der Waals surface area (Å²) < 4.78 is 5.01. The molecule has 0 aromatic heterocycles. The minimum atomic E-state index is -0.845. The second kappa shape index (κ2) is 7.25. The second-order valence-electron chi connectivity index (χ2n) is 6.26. The molecule has 4 heteroatoms. The smallest absolute Gasteiger partial charge is 0.325 e. The number of hydrogen-bond acceptors (Lipinski definition) is 4. The lowest BCUT2D eigenvalue weighted by atomic mass is 9.92. The fourth-order valence-electron chi connectivity index (χ4n) is 2.84. The monoisotopic (exact) mass is 270 g/mol. The Balaban J connectivity index is 2.31. The zero-order valence-electron chi connectivity index (χ0n) is 12.9. The van der Waals surface area contributed by atoms with Gasteiger partial charge in [-0.2, -0.15) is 0 Å². The molecule has 0 amide bonds. The van der Waals surface area contributed by atoms with Crippen molar-refractivity contribution in [1.82, 2.24) is 4.90 Å². The van der Waals surface area contributed by atoms with Gasteiger partial charge in [0.25, 0.3) is 0 Å². The summed E-state index contributed by atoms with van der Waals surface area (Å²) in [5.41, 5.74) is 5.18. The molecule has 1 aliphatic heterocycles. The van der Waals surface area contributed by atoms with Crippen LogP contribution in [0.2, 0.25) is 0 Å². The summed E-state index contributed by atoms with van der Waals surface area (Å²) in [6, 6.07) is 0.648. The molecule has 0 saturated carbocycles. The summed E-state index contributed by atoms with van der Waals surface area (Å²) in [6.07, 6.45) is 4.19. The first-order chi connectivity index (χ1) is 8.86. The van der Waals surface area contributed by atoms with Crippen LogP contribution in [0.1, 0.15) is 53.4 Å². The highest BCUT2D eigenvalue weighted by atomic mass is 16.5. The number of piperidine rings is 1. The van der Waals surface area contributed by atoms with Gasteiger partial charge in [0, 0.05) is 6.04 Å². The van der Waals surface area contributed by atoms with Crippen LogP contribution in [0.4, 0.5) is 0 Å². The predicted octanol–water partition coefficient (Wildman–Crippen LogP) is 2.17. The molecule has 1 aliphatic rings. The number of hydrogen-bond donors (Lipinski definition) is 1. The van der Waals surface area contributed by atoms with Crippen LogP contribution in [-0.2, 0) is 9.53 Å². The van der Waals surface area contributed by atoms with Gasteiger partial charge in [0.05, 0.1) is 6.61 Å². The van der Waals surface area contributed by atoms with E-state index in [0.717, 1.165) is 18.9 Å². The Morgan fingerprint density at radius 2 is 2.16 bits per heavy atom. The van der Waals surface area contributed by atoms with Crippen molar-refractivity contribution in [2.24, 2.45) is 11.7 Å². The molecule has 0 aromatic carbocycles. The number of rotatable bonds is 6. The number of nitrogens with two attached hydrogens (primary N) is 1. The van der Waals surface area contributed by atoms with Gasteiger partial charge in [-0.1, -0.05) is 6.92 Å². The summed E-state index contributed by atoms with van der Waals surface area (Å²) in [5.74, 6) is 0.556. The van der Waals surface area contributed by atoms with E-state index in [9.17, 15) is 4.79 Å². The first-order valence-corrected chi connectivity index (χ1v) is 7.57. The molecule has 1 rings (SSSR count). The van der Waals surface area contributed by atoms with E-state index in [4.69, 9.17) is 10.5 Å². The predicted molar refractivity (Wildman–Crippen MR) is 77.9 cm³/mol. The molecule has 0 aliphatic carbocycles. The van der Waals surface area contributed by atoms with Crippen LogP contribution in [0.3, 0.4) is 0 Å². The number of carbonyl (C=O) groups is 1. The van der Waals surface area contributed by atoms with Crippen molar-refractivity contribution in [2.45, 2.75) is 65.0 Å². The molecule has 0 spiro atoms. The van der Waals surface area contributed by atoms with Gasteiger partial charge in [-0.05, 0) is 65.5 Å². The maximum Gasteiger partial charge on any atom is 0.325 e. The van der Waals surface area contributed by atoms with Crippen LogP contribution in [-0.4, -0.2) is 42.1 Å². The number of likely N-dealkylation sites (tertiary alicyclic amines) is 1. The number of nitrogens with zero attached hydrogens (tertiary/aromatic N) is 1. The molecule has 1 heterocycles. The van der Waals surface area contributed by atoms with Crippen LogP contribution in [0, 0.1) is 5.92 Å². The van der Waals surface area contributed by atoms with E-state index in [2.05, 4.69) is 18.7 Å². The Morgan fingerprint density at radius 3 is 2.74 bits per heavy atom. The standard InChI is InChI=1S/C15H30N2O2/c1-5-19-14(18)15(4,16)8-6-9-17-10-7-12(2)11-13(17)3/h12-13H,5-11,16H2,1-4H3. The van der Waals surface area contributed by atoms with Crippen LogP contribution in [0.15, 0.2) is 0 Å². The van der Waals surface area contributed by atoms with Crippen molar-refractivity contribution in [3.63, 3.8) is 0 Å². The molecule has 0 bridgehead atoms. The molecule has 1 saturated heterocycles. The lowest BCUT2D eigenvalue weighted by molar-refractivity contribution is -0.149. The summed E-state index contributed by atoms with van der Waals surface area (Å²) in [6.45, 7) is 10.8. The van der Waals surface area contributed by atoms with Gasteiger partial charge in [0.15, 0.2) is 0 Å². The maximum absolute atomic E-state index is 11.7. The minimum absolute atomic E-state index is 0.282. The zero-order chi connectivity index (χ0) is 14.5. The summed E-state index contributed by atoms with van der Waals surface area (Å²) in [5, 5.41) is 0. The van der Waals surface area contributed by atoms with Crippen molar-refractivity contribution in [2.75, 3.05) is 19.7 Å². The maximum atomic E-state index is 11.7. The molecule has 19 heavy (non-hydrogen) atoms. The van der Waals surface area contributed by atoms with Crippen molar-refractivity contribution < 1.29 is 9.53 Å². The third kappa shape index (κ3) is 5.11. The number of ether oxygens (including phenoxy) is 1. The molecule has 112 valence electrons. The molecule has 3 unspecified atom stereocenters. The van der Waals surface area contributed by atoms with Crippen LogP contribution in [0.25, 0.3) is 0 Å². The third-order valence-corrected chi connectivity index (χ3v) is 4.16. The van der Waals surface area contributed by atoms with Crippen molar-refractivity contribution in [3.05, 3.63) is 0 Å². The Bertz CT molecular complexity index is 292. The van der Waals surface area contributed by atoms with E-state index in [0.29, 0.717) is 19.1 Å². The summed E-state index contributed by atoms with van der Waals surface area (Å²) in [4.78, 5) is 14.2.